The normalized spacial score (nSPS) is 18.9. The maximum atomic E-state index is 13.2. The van der Waals surface area contributed by atoms with Gasteiger partial charge in [-0.2, -0.15) is 0 Å². The van der Waals surface area contributed by atoms with Crippen molar-refractivity contribution >= 4 is 11.8 Å². The zero-order valence-electron chi connectivity index (χ0n) is 10.7. The van der Waals surface area contributed by atoms with Crippen LogP contribution in [0.2, 0.25) is 0 Å². The second kappa shape index (κ2) is 5.54. The van der Waals surface area contributed by atoms with Gasteiger partial charge in [0, 0.05) is 22.6 Å². The van der Waals surface area contributed by atoms with Gasteiger partial charge in [-0.25, -0.2) is 8.78 Å². The van der Waals surface area contributed by atoms with E-state index in [1.165, 1.54) is 17.0 Å². The first-order chi connectivity index (χ1) is 9.63. The summed E-state index contributed by atoms with van der Waals surface area (Å²) in [7, 11) is 0. The Kier molecular flexibility index (Phi) is 3.76. The Morgan fingerprint density at radius 3 is 2.60 bits per heavy atom. The average Bonchev–Trinajstić information content (AvgIpc) is 2.81. The molecule has 1 nitrogen and oxygen atoms in total. The fourth-order valence-electron chi connectivity index (χ4n) is 2.62. The number of halogens is 2. The molecule has 2 aromatic carbocycles. The molecule has 2 unspecified atom stereocenters. The molecule has 0 bridgehead atoms. The Balaban J connectivity index is 1.79. The van der Waals surface area contributed by atoms with Crippen molar-refractivity contribution in [1.29, 1.82) is 0 Å². The lowest BCUT2D eigenvalue weighted by Gasteiger charge is -2.18. The van der Waals surface area contributed by atoms with Gasteiger partial charge in [0.15, 0.2) is 0 Å². The van der Waals surface area contributed by atoms with E-state index in [-0.39, 0.29) is 12.3 Å². The highest BCUT2D eigenvalue weighted by molar-refractivity contribution is 7.99. The van der Waals surface area contributed by atoms with Gasteiger partial charge in [-0.15, -0.1) is 11.8 Å². The van der Waals surface area contributed by atoms with Crippen LogP contribution in [0.5, 0.6) is 0 Å². The molecular formula is C16H14F2OS. The summed E-state index contributed by atoms with van der Waals surface area (Å²) in [6.45, 7) is 0. The molecule has 0 aromatic heterocycles. The highest BCUT2D eigenvalue weighted by atomic mass is 32.2. The van der Waals surface area contributed by atoms with Crippen molar-refractivity contribution in [3.8, 4) is 0 Å². The molecule has 0 spiro atoms. The summed E-state index contributed by atoms with van der Waals surface area (Å²) in [4.78, 5) is 1.18. The average molecular weight is 292 g/mol. The smallest absolute Gasteiger partial charge is 0.126 e. The van der Waals surface area contributed by atoms with Crippen LogP contribution in [0.25, 0.3) is 0 Å². The molecule has 0 amide bonds. The van der Waals surface area contributed by atoms with Crippen molar-refractivity contribution in [2.75, 3.05) is 5.75 Å². The molecule has 0 saturated carbocycles. The van der Waals surface area contributed by atoms with Crippen LogP contribution in [-0.2, 0) is 6.42 Å². The number of thioether (sulfide) groups is 1. The second-order valence-electron chi connectivity index (χ2n) is 5.00. The van der Waals surface area contributed by atoms with Gasteiger partial charge in [-0.05, 0) is 35.7 Å². The molecule has 20 heavy (non-hydrogen) atoms. The van der Waals surface area contributed by atoms with Crippen LogP contribution in [0.15, 0.2) is 47.4 Å². The first-order valence-electron chi connectivity index (χ1n) is 6.48. The lowest BCUT2D eigenvalue weighted by molar-refractivity contribution is 0.151. The first kappa shape index (κ1) is 13.6. The van der Waals surface area contributed by atoms with Gasteiger partial charge >= 0.3 is 0 Å². The van der Waals surface area contributed by atoms with E-state index in [1.54, 1.807) is 11.8 Å². The summed E-state index contributed by atoms with van der Waals surface area (Å²) in [5.41, 5.74) is 1.62. The monoisotopic (exact) mass is 292 g/mol. The molecule has 1 aliphatic rings. The molecule has 1 N–H and O–H groups in total. The van der Waals surface area contributed by atoms with E-state index >= 15 is 0 Å². The third-order valence-electron chi connectivity index (χ3n) is 3.57. The Bertz CT molecular complexity index is 609. The van der Waals surface area contributed by atoms with Crippen LogP contribution in [0.4, 0.5) is 8.78 Å². The van der Waals surface area contributed by atoms with E-state index in [9.17, 15) is 13.9 Å². The predicted octanol–water partition coefficient (Wildman–Crippen LogP) is 3.76. The predicted molar refractivity (Wildman–Crippen MR) is 76.0 cm³/mol. The summed E-state index contributed by atoms with van der Waals surface area (Å²) in [6, 6.07) is 11.4. The summed E-state index contributed by atoms with van der Waals surface area (Å²) >= 11 is 1.71. The summed E-state index contributed by atoms with van der Waals surface area (Å²) < 4.78 is 26.3. The van der Waals surface area contributed by atoms with Crippen molar-refractivity contribution in [3.05, 3.63) is 65.2 Å². The SMILES string of the molecule is OC(Cc1cc(F)cc(F)c1)C1CSc2ccccc21. The molecule has 2 aromatic rings. The minimum Gasteiger partial charge on any atom is -0.392 e. The number of hydrogen-bond donors (Lipinski definition) is 1. The Labute approximate surface area is 120 Å². The Morgan fingerprint density at radius 2 is 1.85 bits per heavy atom. The fraction of sp³-hybridized carbons (Fsp3) is 0.250. The summed E-state index contributed by atoms with van der Waals surface area (Å²) in [5.74, 6) is -0.387. The van der Waals surface area contributed by atoms with Crippen LogP contribution < -0.4 is 0 Å². The van der Waals surface area contributed by atoms with Crippen molar-refractivity contribution in [2.24, 2.45) is 0 Å². The Morgan fingerprint density at radius 1 is 1.15 bits per heavy atom. The summed E-state index contributed by atoms with van der Waals surface area (Å²) in [6.07, 6.45) is -0.374. The van der Waals surface area contributed by atoms with Gasteiger partial charge in [0.25, 0.3) is 0 Å². The Hall–Kier alpha value is -1.39. The number of aliphatic hydroxyl groups excluding tert-OH is 1. The van der Waals surface area contributed by atoms with E-state index in [0.29, 0.717) is 5.56 Å². The minimum absolute atomic E-state index is 0.0162. The summed E-state index contributed by atoms with van der Waals surface area (Å²) in [5, 5.41) is 10.4. The van der Waals surface area contributed by atoms with E-state index in [1.807, 2.05) is 24.3 Å². The molecule has 1 aliphatic heterocycles. The van der Waals surface area contributed by atoms with Crippen LogP contribution in [0.1, 0.15) is 17.0 Å². The quantitative estimate of drug-likeness (QED) is 0.929. The topological polar surface area (TPSA) is 20.2 Å². The third kappa shape index (κ3) is 2.72. The zero-order chi connectivity index (χ0) is 14.1. The zero-order valence-corrected chi connectivity index (χ0v) is 11.5. The molecule has 3 rings (SSSR count). The number of rotatable bonds is 3. The van der Waals surface area contributed by atoms with Gasteiger partial charge in [-0.3, -0.25) is 0 Å². The lowest BCUT2D eigenvalue weighted by atomic mass is 9.91. The molecule has 4 heteroatoms. The van der Waals surface area contributed by atoms with Gasteiger partial charge in [0.05, 0.1) is 6.10 Å². The third-order valence-corrected chi connectivity index (χ3v) is 4.78. The molecule has 2 atom stereocenters. The van der Waals surface area contributed by atoms with E-state index in [2.05, 4.69) is 0 Å². The molecule has 0 saturated heterocycles. The number of hydrogen-bond acceptors (Lipinski definition) is 2. The van der Waals surface area contributed by atoms with Crippen LogP contribution in [0.3, 0.4) is 0 Å². The van der Waals surface area contributed by atoms with Crippen LogP contribution >= 0.6 is 11.8 Å². The molecule has 1 heterocycles. The van der Waals surface area contributed by atoms with Gasteiger partial charge in [0.2, 0.25) is 0 Å². The van der Waals surface area contributed by atoms with Crippen molar-refractivity contribution in [3.63, 3.8) is 0 Å². The van der Waals surface area contributed by atoms with E-state index in [4.69, 9.17) is 0 Å². The maximum absolute atomic E-state index is 13.2. The van der Waals surface area contributed by atoms with E-state index in [0.717, 1.165) is 17.4 Å². The minimum atomic E-state index is -0.632. The molecular weight excluding hydrogens is 278 g/mol. The molecule has 0 radical (unpaired) electrons. The van der Waals surface area contributed by atoms with Gasteiger partial charge in [0.1, 0.15) is 11.6 Å². The fourth-order valence-corrected chi connectivity index (χ4v) is 3.94. The molecule has 104 valence electrons. The molecule has 0 fully saturated rings. The molecule has 0 aliphatic carbocycles. The van der Waals surface area contributed by atoms with Crippen LogP contribution in [0, 0.1) is 11.6 Å². The standard InChI is InChI=1S/C16H14F2OS/c17-11-5-10(6-12(18)8-11)7-15(19)14-9-20-16-4-2-1-3-13(14)16/h1-6,8,14-15,19H,7,9H2. The van der Waals surface area contributed by atoms with Crippen molar-refractivity contribution in [2.45, 2.75) is 23.3 Å². The second-order valence-corrected chi connectivity index (χ2v) is 6.07. The van der Waals surface area contributed by atoms with Crippen LogP contribution in [-0.4, -0.2) is 17.0 Å². The van der Waals surface area contributed by atoms with Crippen molar-refractivity contribution < 1.29 is 13.9 Å². The van der Waals surface area contributed by atoms with Gasteiger partial charge in [-0.1, -0.05) is 18.2 Å². The number of benzene rings is 2. The maximum Gasteiger partial charge on any atom is 0.126 e. The van der Waals surface area contributed by atoms with E-state index < -0.39 is 17.7 Å². The highest BCUT2D eigenvalue weighted by Crippen LogP contribution is 2.41. The van der Waals surface area contributed by atoms with Gasteiger partial charge < -0.3 is 5.11 Å². The highest BCUT2D eigenvalue weighted by Gasteiger charge is 2.29. The number of fused-ring (bicyclic) bond motifs is 1. The number of aliphatic hydroxyl groups is 1. The largest absolute Gasteiger partial charge is 0.392 e. The van der Waals surface area contributed by atoms with Crippen molar-refractivity contribution in [1.82, 2.24) is 0 Å². The first-order valence-corrected chi connectivity index (χ1v) is 7.47. The lowest BCUT2D eigenvalue weighted by Crippen LogP contribution is -2.21.